The van der Waals surface area contributed by atoms with Crippen LogP contribution >= 0.6 is 0 Å². The first-order valence-electron chi connectivity index (χ1n) is 7.11. The molecule has 116 valence electrons. The first kappa shape index (κ1) is 16.2. The molecule has 1 atom stereocenters. The van der Waals surface area contributed by atoms with Crippen LogP contribution in [-0.2, 0) is 4.74 Å². The maximum absolute atomic E-state index is 13.6. The van der Waals surface area contributed by atoms with Crippen molar-refractivity contribution in [3.63, 3.8) is 0 Å². The van der Waals surface area contributed by atoms with Crippen LogP contribution in [0, 0.1) is 5.82 Å². The number of halogens is 1. The molecule has 1 aliphatic heterocycles. The molecular weight excluding hydrogens is 276 g/mol. The quantitative estimate of drug-likeness (QED) is 0.749. The van der Waals surface area contributed by atoms with Crippen LogP contribution in [0.1, 0.15) is 13.8 Å². The molecule has 7 heteroatoms. The lowest BCUT2D eigenvalue weighted by Crippen LogP contribution is -2.47. The highest BCUT2D eigenvalue weighted by atomic mass is 19.1. The predicted molar refractivity (Wildman–Crippen MR) is 78.2 cm³/mol. The summed E-state index contributed by atoms with van der Waals surface area (Å²) in [6.07, 6.45) is -0.0488. The number of hydrogen-bond acceptors (Lipinski definition) is 5. The molecule has 0 aliphatic carbocycles. The molecule has 2 N–H and O–H groups in total. The predicted octanol–water partition coefficient (Wildman–Crippen LogP) is -0.00650. The average molecular weight is 297 g/mol. The van der Waals surface area contributed by atoms with Crippen molar-refractivity contribution in [3.05, 3.63) is 24.0 Å². The summed E-state index contributed by atoms with van der Waals surface area (Å²) in [7, 11) is -1.82. The molecule has 0 amide bonds. The maximum Gasteiger partial charge on any atom is 0.491 e. The van der Waals surface area contributed by atoms with E-state index in [1.165, 1.54) is 12.1 Å². The van der Waals surface area contributed by atoms with Crippen molar-refractivity contribution in [2.45, 2.75) is 26.0 Å². The minimum Gasteiger partial charge on any atom is -0.491 e. The van der Waals surface area contributed by atoms with Gasteiger partial charge < -0.3 is 19.5 Å². The zero-order valence-corrected chi connectivity index (χ0v) is 12.3. The largest absolute Gasteiger partial charge is 0.491 e. The van der Waals surface area contributed by atoms with Gasteiger partial charge in [0.05, 0.1) is 6.61 Å². The lowest BCUT2D eigenvalue weighted by molar-refractivity contribution is -0.0564. The van der Waals surface area contributed by atoms with Gasteiger partial charge in [0.2, 0.25) is 0 Å². The summed E-state index contributed by atoms with van der Waals surface area (Å²) >= 11 is 0. The summed E-state index contributed by atoms with van der Waals surface area (Å²) in [5.41, 5.74) is -0.165. The van der Waals surface area contributed by atoms with Gasteiger partial charge in [-0.3, -0.25) is 4.90 Å². The van der Waals surface area contributed by atoms with E-state index in [0.717, 1.165) is 19.2 Å². The molecule has 1 heterocycles. The Labute approximate surface area is 124 Å². The maximum atomic E-state index is 13.6. The zero-order valence-electron chi connectivity index (χ0n) is 12.3. The van der Waals surface area contributed by atoms with E-state index in [2.05, 4.69) is 18.7 Å². The van der Waals surface area contributed by atoms with E-state index in [1.807, 2.05) is 0 Å². The highest BCUT2D eigenvalue weighted by Gasteiger charge is 2.23. The number of hydrogen-bond donors (Lipinski definition) is 2. The van der Waals surface area contributed by atoms with E-state index < -0.39 is 12.9 Å². The summed E-state index contributed by atoms with van der Waals surface area (Å²) in [4.78, 5) is 2.31. The summed E-state index contributed by atoms with van der Waals surface area (Å²) in [6, 6.07) is 4.43. The van der Waals surface area contributed by atoms with Crippen molar-refractivity contribution in [3.8, 4) is 5.75 Å². The topological polar surface area (TPSA) is 62.2 Å². The van der Waals surface area contributed by atoms with E-state index in [4.69, 9.17) is 19.5 Å². The van der Waals surface area contributed by atoms with Crippen LogP contribution in [0.2, 0.25) is 0 Å². The second kappa shape index (κ2) is 7.22. The van der Waals surface area contributed by atoms with Crippen molar-refractivity contribution in [1.29, 1.82) is 0 Å². The van der Waals surface area contributed by atoms with Crippen LogP contribution in [0.3, 0.4) is 0 Å². The molecule has 0 spiro atoms. The van der Waals surface area contributed by atoms with E-state index in [0.29, 0.717) is 25.0 Å². The number of morpholine rings is 1. The van der Waals surface area contributed by atoms with Gasteiger partial charge >= 0.3 is 7.12 Å². The van der Waals surface area contributed by atoms with Gasteiger partial charge in [0.25, 0.3) is 0 Å². The van der Waals surface area contributed by atoms with Crippen molar-refractivity contribution in [2.24, 2.45) is 0 Å². The lowest BCUT2D eigenvalue weighted by atomic mass is 9.80. The third-order valence-electron chi connectivity index (χ3n) is 3.59. The standard InChI is InChI=1S/C14H21BFNO4/c1-10(2)17-5-6-20-12(8-17)9-21-11-3-4-13(15(18)19)14(16)7-11/h3-4,7,10,12,18-19H,5-6,8-9H2,1-2H3. The number of ether oxygens (including phenoxy) is 2. The minimum atomic E-state index is -1.82. The van der Waals surface area contributed by atoms with Crippen molar-refractivity contribution >= 4 is 12.6 Å². The van der Waals surface area contributed by atoms with Crippen molar-refractivity contribution < 1.29 is 23.9 Å². The molecule has 1 aliphatic rings. The Morgan fingerprint density at radius 1 is 1.48 bits per heavy atom. The monoisotopic (exact) mass is 297 g/mol. The highest BCUT2D eigenvalue weighted by Crippen LogP contribution is 2.14. The van der Waals surface area contributed by atoms with Gasteiger partial charge in [-0.2, -0.15) is 0 Å². The number of benzene rings is 1. The van der Waals surface area contributed by atoms with Crippen LogP contribution < -0.4 is 10.2 Å². The molecule has 1 saturated heterocycles. The number of nitrogens with zero attached hydrogens (tertiary/aromatic N) is 1. The Kier molecular flexibility index (Phi) is 5.58. The van der Waals surface area contributed by atoms with Gasteiger partial charge in [0, 0.05) is 30.7 Å². The SMILES string of the molecule is CC(C)N1CCOC(COc2ccc(B(O)O)c(F)c2)C1. The normalized spacial score (nSPS) is 19.8. The second-order valence-corrected chi connectivity index (χ2v) is 5.45. The van der Waals surface area contributed by atoms with Crippen LogP contribution in [0.15, 0.2) is 18.2 Å². The first-order chi connectivity index (χ1) is 9.97. The van der Waals surface area contributed by atoms with Crippen LogP contribution in [0.25, 0.3) is 0 Å². The van der Waals surface area contributed by atoms with Gasteiger partial charge in [-0.15, -0.1) is 0 Å². The van der Waals surface area contributed by atoms with Crippen molar-refractivity contribution in [2.75, 3.05) is 26.3 Å². The zero-order chi connectivity index (χ0) is 15.4. The van der Waals surface area contributed by atoms with Crippen LogP contribution in [-0.4, -0.2) is 60.5 Å². The van der Waals surface area contributed by atoms with E-state index in [-0.39, 0.29) is 11.6 Å². The van der Waals surface area contributed by atoms with Gasteiger partial charge in [0.1, 0.15) is 24.3 Å². The molecular formula is C14H21BFNO4. The van der Waals surface area contributed by atoms with E-state index in [1.54, 1.807) is 0 Å². The minimum absolute atomic E-state index is 0.0488. The molecule has 21 heavy (non-hydrogen) atoms. The molecule has 5 nitrogen and oxygen atoms in total. The highest BCUT2D eigenvalue weighted by molar-refractivity contribution is 6.58. The Balaban J connectivity index is 1.89. The van der Waals surface area contributed by atoms with Crippen LogP contribution in [0.5, 0.6) is 5.75 Å². The first-order valence-corrected chi connectivity index (χ1v) is 7.11. The summed E-state index contributed by atoms with van der Waals surface area (Å²) in [5, 5.41) is 17.9. The number of rotatable bonds is 5. The molecule has 1 aromatic carbocycles. The second-order valence-electron chi connectivity index (χ2n) is 5.45. The van der Waals surface area contributed by atoms with Gasteiger partial charge in [-0.1, -0.05) is 6.07 Å². The van der Waals surface area contributed by atoms with Crippen molar-refractivity contribution in [1.82, 2.24) is 4.90 Å². The van der Waals surface area contributed by atoms with E-state index in [9.17, 15) is 4.39 Å². The van der Waals surface area contributed by atoms with Crippen LogP contribution in [0.4, 0.5) is 4.39 Å². The third-order valence-corrected chi connectivity index (χ3v) is 3.59. The molecule has 1 unspecified atom stereocenters. The van der Waals surface area contributed by atoms with Gasteiger partial charge in [0.15, 0.2) is 0 Å². The molecule has 0 aromatic heterocycles. The fourth-order valence-electron chi connectivity index (χ4n) is 2.31. The Morgan fingerprint density at radius 3 is 2.86 bits per heavy atom. The smallest absolute Gasteiger partial charge is 0.491 e. The molecule has 1 fully saturated rings. The molecule has 1 aromatic rings. The average Bonchev–Trinajstić information content (AvgIpc) is 2.45. The third kappa shape index (κ3) is 4.41. The van der Waals surface area contributed by atoms with Gasteiger partial charge in [-0.25, -0.2) is 4.39 Å². The molecule has 0 saturated carbocycles. The molecule has 0 radical (unpaired) electrons. The van der Waals surface area contributed by atoms with Gasteiger partial charge in [-0.05, 0) is 19.9 Å². The Bertz CT molecular complexity index is 472. The fourth-order valence-corrected chi connectivity index (χ4v) is 2.31. The Hall–Kier alpha value is -1.15. The summed E-state index contributed by atoms with van der Waals surface area (Å²) in [6.45, 7) is 6.97. The summed E-state index contributed by atoms with van der Waals surface area (Å²) in [5.74, 6) is -0.349. The summed E-state index contributed by atoms with van der Waals surface area (Å²) < 4.78 is 24.8. The van der Waals surface area contributed by atoms with E-state index >= 15 is 0 Å². The lowest BCUT2D eigenvalue weighted by Gasteiger charge is -2.35. The molecule has 2 rings (SSSR count). The molecule has 0 bridgehead atoms. The Morgan fingerprint density at radius 2 is 2.24 bits per heavy atom. The fraction of sp³-hybridized carbons (Fsp3) is 0.571.